The molecule has 0 amide bonds. The molecule has 17 heavy (non-hydrogen) atoms. The molecule has 0 aromatic carbocycles. The van der Waals surface area contributed by atoms with Gasteiger partial charge in [0.1, 0.15) is 0 Å². The molecule has 2 unspecified atom stereocenters. The normalized spacial score (nSPS) is 26.5. The summed E-state index contributed by atoms with van der Waals surface area (Å²) in [4.78, 5) is 22.0. The van der Waals surface area contributed by atoms with Crippen molar-refractivity contribution in [2.45, 2.75) is 27.2 Å². The maximum absolute atomic E-state index is 13.4. The molecule has 0 aromatic rings. The third-order valence-corrected chi connectivity index (χ3v) is 3.13. The summed E-state index contributed by atoms with van der Waals surface area (Å²) >= 11 is 0. The molecule has 0 bridgehead atoms. The van der Waals surface area contributed by atoms with E-state index in [0.29, 0.717) is 6.42 Å². The Morgan fingerprint density at radius 2 is 2.06 bits per heavy atom. The highest BCUT2D eigenvalue weighted by molar-refractivity contribution is 5.86. The highest BCUT2D eigenvalue weighted by Gasteiger charge is 2.61. The average Bonchev–Trinajstić information content (AvgIpc) is 2.76. The SMILES string of the molecule is CCCOC(=O)/C(F)=C\C1C(C(=O)O)C1(C)C. The van der Waals surface area contributed by atoms with Crippen LogP contribution < -0.4 is 0 Å². The number of hydrogen-bond donors (Lipinski definition) is 1. The zero-order valence-electron chi connectivity index (χ0n) is 10.2. The first-order chi connectivity index (χ1) is 7.82. The molecule has 0 spiro atoms. The fraction of sp³-hybridized carbons (Fsp3) is 0.667. The van der Waals surface area contributed by atoms with Crippen LogP contribution in [0, 0.1) is 17.3 Å². The van der Waals surface area contributed by atoms with Gasteiger partial charge in [0.25, 0.3) is 0 Å². The third kappa shape index (κ3) is 2.84. The van der Waals surface area contributed by atoms with E-state index in [9.17, 15) is 14.0 Å². The van der Waals surface area contributed by atoms with Crippen LogP contribution in [0.2, 0.25) is 0 Å². The number of carboxylic acid groups (broad SMARTS) is 1. The van der Waals surface area contributed by atoms with Crippen LogP contribution in [-0.4, -0.2) is 23.7 Å². The number of rotatable bonds is 5. The molecule has 1 aliphatic carbocycles. The van der Waals surface area contributed by atoms with Gasteiger partial charge >= 0.3 is 11.9 Å². The van der Waals surface area contributed by atoms with Crippen molar-refractivity contribution >= 4 is 11.9 Å². The van der Waals surface area contributed by atoms with Crippen molar-refractivity contribution in [2.75, 3.05) is 6.61 Å². The first-order valence-corrected chi connectivity index (χ1v) is 5.59. The van der Waals surface area contributed by atoms with Gasteiger partial charge in [0.15, 0.2) is 0 Å². The quantitative estimate of drug-likeness (QED) is 0.594. The molecule has 1 saturated carbocycles. The number of carboxylic acids is 1. The molecule has 1 aliphatic rings. The van der Waals surface area contributed by atoms with Crippen LogP contribution in [0.15, 0.2) is 11.9 Å². The highest BCUT2D eigenvalue weighted by Crippen LogP contribution is 2.59. The number of halogens is 1. The predicted octanol–water partition coefficient (Wildman–Crippen LogP) is 2.15. The Morgan fingerprint density at radius 3 is 2.47 bits per heavy atom. The molecule has 5 heteroatoms. The molecular weight excluding hydrogens is 227 g/mol. The molecule has 1 fully saturated rings. The van der Waals surface area contributed by atoms with Crippen LogP contribution in [0.1, 0.15) is 27.2 Å². The number of carbonyl (C=O) groups is 2. The number of aliphatic carboxylic acids is 1. The van der Waals surface area contributed by atoms with Crippen molar-refractivity contribution in [1.29, 1.82) is 0 Å². The molecule has 4 nitrogen and oxygen atoms in total. The van der Waals surface area contributed by atoms with E-state index < -0.39 is 35.0 Å². The van der Waals surface area contributed by atoms with Crippen molar-refractivity contribution in [3.63, 3.8) is 0 Å². The van der Waals surface area contributed by atoms with E-state index in [2.05, 4.69) is 4.74 Å². The minimum Gasteiger partial charge on any atom is -0.481 e. The molecular formula is C12H17FO4. The smallest absolute Gasteiger partial charge is 0.366 e. The Balaban J connectivity index is 2.65. The highest BCUT2D eigenvalue weighted by atomic mass is 19.1. The van der Waals surface area contributed by atoms with Gasteiger partial charge in [0, 0.05) is 0 Å². The molecule has 96 valence electrons. The third-order valence-electron chi connectivity index (χ3n) is 3.13. The molecule has 0 heterocycles. The second-order valence-corrected chi connectivity index (χ2v) is 4.81. The lowest BCUT2D eigenvalue weighted by Crippen LogP contribution is -2.06. The maximum atomic E-state index is 13.4. The summed E-state index contributed by atoms with van der Waals surface area (Å²) in [5.41, 5.74) is -0.506. The van der Waals surface area contributed by atoms with Gasteiger partial charge in [-0.15, -0.1) is 0 Å². The van der Waals surface area contributed by atoms with Crippen molar-refractivity contribution < 1.29 is 23.8 Å². The maximum Gasteiger partial charge on any atom is 0.366 e. The summed E-state index contributed by atoms with van der Waals surface area (Å²) in [6, 6.07) is 0. The zero-order valence-corrected chi connectivity index (χ0v) is 10.2. The van der Waals surface area contributed by atoms with Gasteiger partial charge in [-0.3, -0.25) is 4.79 Å². The minimum absolute atomic E-state index is 0.163. The Kier molecular flexibility index (Phi) is 3.91. The van der Waals surface area contributed by atoms with Gasteiger partial charge in [-0.05, 0) is 23.8 Å². The predicted molar refractivity (Wildman–Crippen MR) is 58.8 cm³/mol. The fourth-order valence-electron chi connectivity index (χ4n) is 1.95. The molecule has 0 aliphatic heterocycles. The first kappa shape index (κ1) is 13.7. The standard InChI is InChI=1S/C12H17FO4/c1-4-5-17-11(16)8(13)6-7-9(10(14)15)12(7,2)3/h6-7,9H,4-5H2,1-3H3,(H,14,15)/b8-6+. The second-order valence-electron chi connectivity index (χ2n) is 4.81. The summed E-state index contributed by atoms with van der Waals surface area (Å²) in [5, 5.41) is 8.88. The number of carbonyl (C=O) groups excluding carboxylic acids is 1. The zero-order chi connectivity index (χ0) is 13.2. The van der Waals surface area contributed by atoms with E-state index in [-0.39, 0.29) is 6.61 Å². The van der Waals surface area contributed by atoms with Gasteiger partial charge in [0.2, 0.25) is 5.83 Å². The van der Waals surface area contributed by atoms with Crippen LogP contribution in [0.5, 0.6) is 0 Å². The van der Waals surface area contributed by atoms with Crippen LogP contribution in [0.3, 0.4) is 0 Å². The summed E-state index contributed by atoms with van der Waals surface area (Å²) in [6.07, 6.45) is 1.68. The summed E-state index contributed by atoms with van der Waals surface area (Å²) < 4.78 is 18.0. The van der Waals surface area contributed by atoms with Crippen molar-refractivity contribution in [2.24, 2.45) is 17.3 Å². The van der Waals surface area contributed by atoms with Crippen molar-refractivity contribution in [3.05, 3.63) is 11.9 Å². The van der Waals surface area contributed by atoms with Gasteiger partial charge in [0.05, 0.1) is 12.5 Å². The minimum atomic E-state index is -1.02. The Bertz CT molecular complexity index is 360. The van der Waals surface area contributed by atoms with E-state index in [4.69, 9.17) is 5.11 Å². The average molecular weight is 244 g/mol. The van der Waals surface area contributed by atoms with Crippen LogP contribution >= 0.6 is 0 Å². The van der Waals surface area contributed by atoms with Gasteiger partial charge in [-0.2, -0.15) is 4.39 Å². The lowest BCUT2D eigenvalue weighted by molar-refractivity contribution is -0.141. The largest absolute Gasteiger partial charge is 0.481 e. The molecule has 0 radical (unpaired) electrons. The topological polar surface area (TPSA) is 63.6 Å². The lowest BCUT2D eigenvalue weighted by Gasteiger charge is -2.00. The summed E-state index contributed by atoms with van der Waals surface area (Å²) in [5.74, 6) is -4.06. The Hall–Kier alpha value is -1.39. The Morgan fingerprint density at radius 1 is 1.47 bits per heavy atom. The van der Waals surface area contributed by atoms with Crippen LogP contribution in [0.4, 0.5) is 4.39 Å². The number of allylic oxidation sites excluding steroid dienone is 1. The van der Waals surface area contributed by atoms with E-state index in [0.717, 1.165) is 6.08 Å². The first-order valence-electron chi connectivity index (χ1n) is 5.59. The van der Waals surface area contributed by atoms with E-state index >= 15 is 0 Å². The molecule has 2 atom stereocenters. The molecule has 1 N–H and O–H groups in total. The van der Waals surface area contributed by atoms with E-state index in [1.54, 1.807) is 20.8 Å². The van der Waals surface area contributed by atoms with Crippen molar-refractivity contribution in [1.82, 2.24) is 0 Å². The summed E-state index contributed by atoms with van der Waals surface area (Å²) in [6.45, 7) is 5.44. The van der Waals surface area contributed by atoms with Gasteiger partial charge in [-0.25, -0.2) is 4.79 Å². The molecule has 1 rings (SSSR count). The number of ether oxygens (including phenoxy) is 1. The van der Waals surface area contributed by atoms with E-state index in [1.165, 1.54) is 0 Å². The number of esters is 1. The molecule has 0 saturated heterocycles. The fourth-order valence-corrected chi connectivity index (χ4v) is 1.95. The monoisotopic (exact) mass is 244 g/mol. The number of hydrogen-bond acceptors (Lipinski definition) is 3. The summed E-state index contributed by atoms with van der Waals surface area (Å²) in [7, 11) is 0. The Labute approximate surface area is 99.5 Å². The second kappa shape index (κ2) is 4.85. The molecule has 0 aromatic heterocycles. The van der Waals surface area contributed by atoms with Crippen LogP contribution in [0.25, 0.3) is 0 Å². The van der Waals surface area contributed by atoms with Crippen molar-refractivity contribution in [3.8, 4) is 0 Å². The lowest BCUT2D eigenvalue weighted by atomic mass is 10.1. The van der Waals surface area contributed by atoms with Gasteiger partial charge < -0.3 is 9.84 Å². The van der Waals surface area contributed by atoms with E-state index in [1.807, 2.05) is 0 Å². The van der Waals surface area contributed by atoms with Gasteiger partial charge in [-0.1, -0.05) is 20.8 Å². The van der Waals surface area contributed by atoms with Crippen LogP contribution in [-0.2, 0) is 14.3 Å².